The van der Waals surface area contributed by atoms with E-state index in [1.165, 1.54) is 16.7 Å². The van der Waals surface area contributed by atoms with Crippen LogP contribution in [0, 0.1) is 11.3 Å². The number of rotatable bonds is 2. The maximum absolute atomic E-state index is 10.3. The zero-order chi connectivity index (χ0) is 16.9. The lowest BCUT2D eigenvalue weighted by atomic mass is 10.2. The minimum Gasteiger partial charge on any atom is -0.478 e. The Morgan fingerprint density at radius 1 is 1.23 bits per heavy atom. The third-order valence-corrected chi connectivity index (χ3v) is 5.63. The van der Waals surface area contributed by atoms with E-state index in [1.54, 1.807) is 12.1 Å². The minimum absolute atomic E-state index is 0.179. The number of carboxylic acid groups (broad SMARTS) is 1. The van der Waals surface area contributed by atoms with Crippen molar-refractivity contribution in [3.05, 3.63) is 54.1 Å². The second kappa shape index (κ2) is 8.70. The number of benzene rings is 1. The summed E-state index contributed by atoms with van der Waals surface area (Å²) < 4.78 is 3.37. The molecule has 0 amide bonds. The molecule has 0 aliphatic rings. The van der Waals surface area contributed by atoms with Gasteiger partial charge in [0.25, 0.3) is 0 Å². The lowest BCUT2D eigenvalue weighted by Crippen LogP contribution is -1.96. The van der Waals surface area contributed by atoms with Gasteiger partial charge in [-0.15, -0.1) is 0 Å². The van der Waals surface area contributed by atoms with Crippen LogP contribution < -0.4 is 0 Å². The van der Waals surface area contributed by atoms with Crippen molar-refractivity contribution in [3.63, 3.8) is 0 Å². The fraction of sp³-hybridized carbons (Fsp3) is 0.0769. The van der Waals surface area contributed by atoms with Crippen LogP contribution in [-0.2, 0) is 6.73 Å². The first-order chi connectivity index (χ1) is 10.3. The van der Waals surface area contributed by atoms with Crippen molar-refractivity contribution in [2.24, 2.45) is 0 Å². The summed E-state index contributed by atoms with van der Waals surface area (Å²) in [5, 5.41) is 26.6. The summed E-state index contributed by atoms with van der Waals surface area (Å²) >= 11 is 15.2. The van der Waals surface area contributed by atoms with Gasteiger partial charge >= 0.3 is 5.97 Å². The maximum atomic E-state index is 10.3. The molecular formula is C13H8Br3ClN2O3. The highest BCUT2D eigenvalue weighted by atomic mass is 79.9. The molecule has 5 nitrogen and oxygen atoms in total. The van der Waals surface area contributed by atoms with Crippen LogP contribution in [0.5, 0.6) is 0 Å². The first-order valence-corrected chi connectivity index (χ1v) is 8.32. The topological polar surface area (TPSA) is 86.3 Å². The predicted molar refractivity (Wildman–Crippen MR) is 92.9 cm³/mol. The lowest BCUT2D eigenvalue weighted by Gasteiger charge is -1.99. The summed E-state index contributed by atoms with van der Waals surface area (Å²) in [6, 6.07) is 8.02. The molecule has 0 spiro atoms. The van der Waals surface area contributed by atoms with Gasteiger partial charge in [0.15, 0.2) is 0 Å². The molecule has 2 aromatic rings. The smallest absolute Gasteiger partial charge is 0.335 e. The fourth-order valence-electron chi connectivity index (χ4n) is 1.35. The van der Waals surface area contributed by atoms with Crippen LogP contribution in [-0.4, -0.2) is 20.7 Å². The predicted octanol–water partition coefficient (Wildman–Crippen LogP) is 4.64. The third kappa shape index (κ3) is 4.57. The molecule has 0 radical (unpaired) electrons. The molecule has 0 aliphatic carbocycles. The van der Waals surface area contributed by atoms with Gasteiger partial charge in [0.2, 0.25) is 0 Å². The Morgan fingerprint density at radius 2 is 1.77 bits per heavy atom. The Kier molecular flexibility index (Phi) is 7.59. The van der Waals surface area contributed by atoms with Gasteiger partial charge in [0.1, 0.15) is 22.0 Å². The van der Waals surface area contributed by atoms with Gasteiger partial charge < -0.3 is 14.8 Å². The standard InChI is InChI=1S/C7H5ClO2.C6H3Br3N2O/c8-6-3-1-5(2-4-6)7(9)10;7-4-3(1-10)5(8)11(2-12)6(4)9/h1-4H,(H,9,10);12H,2H2. The van der Waals surface area contributed by atoms with Gasteiger partial charge in [0, 0.05) is 5.02 Å². The first-order valence-electron chi connectivity index (χ1n) is 5.56. The molecule has 2 rings (SSSR count). The molecule has 1 aromatic carbocycles. The van der Waals surface area contributed by atoms with Crippen LogP contribution in [0.4, 0.5) is 0 Å². The molecule has 0 atom stereocenters. The summed E-state index contributed by atoms with van der Waals surface area (Å²) in [5.74, 6) is -0.934. The van der Waals surface area contributed by atoms with Gasteiger partial charge in [-0.25, -0.2) is 4.79 Å². The lowest BCUT2D eigenvalue weighted by molar-refractivity contribution is 0.0697. The van der Waals surface area contributed by atoms with Gasteiger partial charge in [-0.05, 0) is 72.1 Å². The number of hydrogen-bond acceptors (Lipinski definition) is 3. The van der Waals surface area contributed by atoms with E-state index < -0.39 is 5.97 Å². The summed E-state index contributed by atoms with van der Waals surface area (Å²) in [7, 11) is 0. The Labute approximate surface area is 156 Å². The van der Waals surface area contributed by atoms with Crippen LogP contribution in [0.2, 0.25) is 5.02 Å². The van der Waals surface area contributed by atoms with Gasteiger partial charge in [-0.1, -0.05) is 11.6 Å². The summed E-state index contributed by atoms with van der Waals surface area (Å²) in [4.78, 5) is 10.3. The first kappa shape index (κ1) is 19.2. The number of nitrogens with zero attached hydrogens (tertiary/aromatic N) is 2. The second-order valence-corrected chi connectivity index (χ2v) is 6.50. The SMILES string of the molecule is N#Cc1c(Br)c(Br)n(CO)c1Br.O=C(O)c1ccc(Cl)cc1. The molecule has 1 aromatic heterocycles. The Balaban J connectivity index is 0.000000224. The highest BCUT2D eigenvalue weighted by Gasteiger charge is 2.16. The van der Waals surface area contributed by atoms with Crippen LogP contribution in [0.1, 0.15) is 15.9 Å². The molecule has 0 bridgehead atoms. The molecule has 22 heavy (non-hydrogen) atoms. The van der Waals surface area contributed by atoms with Crippen LogP contribution >= 0.6 is 59.4 Å². The second-order valence-electron chi connectivity index (χ2n) is 3.76. The van der Waals surface area contributed by atoms with Crippen LogP contribution in [0.15, 0.2) is 37.9 Å². The highest BCUT2D eigenvalue weighted by Crippen LogP contribution is 2.34. The molecule has 0 saturated carbocycles. The molecule has 0 aliphatic heterocycles. The molecule has 2 N–H and O–H groups in total. The number of hydrogen-bond donors (Lipinski definition) is 2. The number of aromatic nitrogens is 1. The van der Waals surface area contributed by atoms with E-state index in [0.29, 0.717) is 24.3 Å². The molecule has 0 unspecified atom stereocenters. The zero-order valence-electron chi connectivity index (χ0n) is 10.7. The number of nitriles is 1. The number of aromatic carboxylic acids is 1. The number of carboxylic acids is 1. The van der Waals surface area contributed by atoms with E-state index >= 15 is 0 Å². The van der Waals surface area contributed by atoms with Crippen molar-refractivity contribution in [2.45, 2.75) is 6.73 Å². The molecule has 1 heterocycles. The summed E-state index contributed by atoms with van der Waals surface area (Å²) in [6.45, 7) is -0.179. The number of aliphatic hydroxyl groups is 1. The van der Waals surface area contributed by atoms with Crippen molar-refractivity contribution in [2.75, 3.05) is 0 Å². The Bertz CT molecular complexity index is 724. The van der Waals surface area contributed by atoms with Crippen LogP contribution in [0.3, 0.4) is 0 Å². The maximum Gasteiger partial charge on any atom is 0.335 e. The van der Waals surface area contributed by atoms with E-state index in [4.69, 9.17) is 27.1 Å². The van der Waals surface area contributed by atoms with Crippen molar-refractivity contribution < 1.29 is 15.0 Å². The quantitative estimate of drug-likeness (QED) is 0.611. The molecule has 9 heteroatoms. The average Bonchev–Trinajstić information content (AvgIpc) is 2.69. The third-order valence-electron chi connectivity index (χ3n) is 2.43. The van der Waals surface area contributed by atoms with E-state index in [1.807, 2.05) is 6.07 Å². The van der Waals surface area contributed by atoms with Crippen molar-refractivity contribution in [1.29, 1.82) is 5.26 Å². The average molecular weight is 515 g/mol. The molecule has 0 fully saturated rings. The largest absolute Gasteiger partial charge is 0.478 e. The highest BCUT2D eigenvalue weighted by molar-refractivity contribution is 9.13. The molecule has 116 valence electrons. The zero-order valence-corrected chi connectivity index (χ0v) is 16.2. The Hall–Kier alpha value is -0.850. The number of carbonyl (C=O) groups is 1. The van der Waals surface area contributed by atoms with Gasteiger partial charge in [-0.2, -0.15) is 5.26 Å². The van der Waals surface area contributed by atoms with E-state index in [2.05, 4.69) is 47.8 Å². The Morgan fingerprint density at radius 3 is 2.09 bits per heavy atom. The van der Waals surface area contributed by atoms with E-state index in [0.717, 1.165) is 0 Å². The van der Waals surface area contributed by atoms with Gasteiger partial charge in [-0.3, -0.25) is 0 Å². The van der Waals surface area contributed by atoms with Gasteiger partial charge in [0.05, 0.1) is 15.6 Å². The van der Waals surface area contributed by atoms with E-state index in [-0.39, 0.29) is 12.3 Å². The monoisotopic (exact) mass is 512 g/mol. The number of aliphatic hydroxyl groups excluding tert-OH is 1. The van der Waals surface area contributed by atoms with Crippen molar-refractivity contribution >= 4 is 65.4 Å². The van der Waals surface area contributed by atoms with Crippen molar-refractivity contribution in [1.82, 2.24) is 4.57 Å². The van der Waals surface area contributed by atoms with E-state index in [9.17, 15) is 4.79 Å². The minimum atomic E-state index is -0.934. The summed E-state index contributed by atoms with van der Waals surface area (Å²) in [6.07, 6.45) is 0. The normalized spacial score (nSPS) is 9.64. The number of halogens is 4. The van der Waals surface area contributed by atoms with Crippen molar-refractivity contribution in [3.8, 4) is 6.07 Å². The summed E-state index contributed by atoms with van der Waals surface area (Å²) in [5.41, 5.74) is 0.723. The molecular weight excluding hydrogens is 507 g/mol. The molecule has 0 saturated heterocycles. The fourth-order valence-corrected chi connectivity index (χ4v) is 3.53. The van der Waals surface area contributed by atoms with Crippen LogP contribution in [0.25, 0.3) is 0 Å².